The molecule has 3 heteroatoms. The Labute approximate surface area is 126 Å². The van der Waals surface area contributed by atoms with Gasteiger partial charge in [0.25, 0.3) is 5.91 Å². The molecule has 1 N–H and O–H groups in total. The van der Waals surface area contributed by atoms with E-state index in [1.54, 1.807) is 0 Å². The van der Waals surface area contributed by atoms with Crippen molar-refractivity contribution in [2.75, 3.05) is 11.9 Å². The van der Waals surface area contributed by atoms with Gasteiger partial charge in [-0.15, -0.1) is 0 Å². The molecule has 0 atom stereocenters. The van der Waals surface area contributed by atoms with Crippen molar-refractivity contribution >= 4 is 11.6 Å². The van der Waals surface area contributed by atoms with E-state index in [0.717, 1.165) is 28.1 Å². The number of para-hydroxylation sites is 1. The summed E-state index contributed by atoms with van der Waals surface area (Å²) in [5.74, 6) is 0.602. The van der Waals surface area contributed by atoms with Gasteiger partial charge in [-0.25, -0.2) is 0 Å². The van der Waals surface area contributed by atoms with Gasteiger partial charge in [-0.05, 0) is 50.5 Å². The number of anilines is 1. The molecule has 0 heterocycles. The van der Waals surface area contributed by atoms with Crippen molar-refractivity contribution in [1.29, 1.82) is 0 Å². The average Bonchev–Trinajstić information content (AvgIpc) is 2.42. The van der Waals surface area contributed by atoms with E-state index in [2.05, 4.69) is 5.32 Å². The molecule has 0 radical (unpaired) electrons. The van der Waals surface area contributed by atoms with Crippen molar-refractivity contribution in [2.24, 2.45) is 0 Å². The summed E-state index contributed by atoms with van der Waals surface area (Å²) in [6.45, 7) is 7.98. The Kier molecular flexibility index (Phi) is 4.63. The molecule has 2 rings (SSSR count). The number of carbonyl (C=O) groups excluding carboxylic acids is 1. The van der Waals surface area contributed by atoms with Gasteiger partial charge in [0.05, 0.1) is 0 Å². The Bertz CT molecular complexity index is 642. The minimum Gasteiger partial charge on any atom is -0.483 e. The second-order valence-corrected chi connectivity index (χ2v) is 5.37. The fraction of sp³-hybridized carbons (Fsp3) is 0.278. The first-order valence-corrected chi connectivity index (χ1v) is 7.03. The molecule has 2 aromatic rings. The van der Waals surface area contributed by atoms with Crippen molar-refractivity contribution in [1.82, 2.24) is 0 Å². The molecule has 0 bridgehead atoms. The van der Waals surface area contributed by atoms with E-state index in [1.807, 2.05) is 64.1 Å². The van der Waals surface area contributed by atoms with Gasteiger partial charge in [0, 0.05) is 5.69 Å². The summed E-state index contributed by atoms with van der Waals surface area (Å²) in [6.07, 6.45) is 0. The minimum absolute atomic E-state index is 0.0116. The van der Waals surface area contributed by atoms with Gasteiger partial charge in [0.15, 0.2) is 6.61 Å². The first kappa shape index (κ1) is 15.1. The predicted octanol–water partition coefficient (Wildman–Crippen LogP) is 3.94. The van der Waals surface area contributed by atoms with Crippen LogP contribution in [0, 0.1) is 27.7 Å². The van der Waals surface area contributed by atoms with E-state index in [-0.39, 0.29) is 12.5 Å². The highest BCUT2D eigenvalue weighted by atomic mass is 16.5. The van der Waals surface area contributed by atoms with E-state index in [4.69, 9.17) is 4.74 Å². The highest BCUT2D eigenvalue weighted by Gasteiger charge is 2.08. The molecular formula is C18H21NO2. The largest absolute Gasteiger partial charge is 0.483 e. The van der Waals surface area contributed by atoms with Crippen LogP contribution in [0.5, 0.6) is 5.75 Å². The van der Waals surface area contributed by atoms with Crippen molar-refractivity contribution in [3.8, 4) is 5.75 Å². The van der Waals surface area contributed by atoms with Crippen molar-refractivity contribution < 1.29 is 9.53 Å². The Morgan fingerprint density at radius 1 is 1.00 bits per heavy atom. The normalized spacial score (nSPS) is 10.3. The highest BCUT2D eigenvalue weighted by molar-refractivity contribution is 5.93. The maximum atomic E-state index is 12.0. The quantitative estimate of drug-likeness (QED) is 0.923. The van der Waals surface area contributed by atoms with E-state index in [0.29, 0.717) is 0 Å². The number of ether oxygens (including phenoxy) is 1. The zero-order chi connectivity index (χ0) is 15.4. The molecule has 2 aromatic carbocycles. The van der Waals surface area contributed by atoms with Crippen LogP contribution in [-0.2, 0) is 4.79 Å². The highest BCUT2D eigenvalue weighted by Crippen LogP contribution is 2.20. The van der Waals surface area contributed by atoms with Crippen molar-refractivity contribution in [3.63, 3.8) is 0 Å². The van der Waals surface area contributed by atoms with Crippen LogP contribution in [0.25, 0.3) is 0 Å². The lowest BCUT2D eigenvalue weighted by atomic mass is 10.1. The maximum Gasteiger partial charge on any atom is 0.262 e. The lowest BCUT2D eigenvalue weighted by Gasteiger charge is -2.13. The fourth-order valence-corrected chi connectivity index (χ4v) is 2.29. The average molecular weight is 283 g/mol. The third kappa shape index (κ3) is 3.85. The lowest BCUT2D eigenvalue weighted by molar-refractivity contribution is -0.118. The van der Waals surface area contributed by atoms with Gasteiger partial charge in [-0.2, -0.15) is 0 Å². The van der Waals surface area contributed by atoms with Crippen LogP contribution < -0.4 is 10.1 Å². The summed E-state index contributed by atoms with van der Waals surface area (Å²) < 4.78 is 5.59. The molecule has 0 fully saturated rings. The van der Waals surface area contributed by atoms with Crippen LogP contribution in [0.4, 0.5) is 5.69 Å². The summed E-state index contributed by atoms with van der Waals surface area (Å²) in [6, 6.07) is 11.9. The number of hydrogen-bond acceptors (Lipinski definition) is 2. The van der Waals surface area contributed by atoms with Crippen molar-refractivity contribution in [3.05, 3.63) is 58.7 Å². The first-order valence-electron chi connectivity index (χ1n) is 7.03. The summed E-state index contributed by atoms with van der Waals surface area (Å²) in [5.41, 5.74) is 5.19. The molecule has 0 saturated heterocycles. The Morgan fingerprint density at radius 3 is 2.29 bits per heavy atom. The molecule has 110 valence electrons. The van der Waals surface area contributed by atoms with Crippen LogP contribution in [0.3, 0.4) is 0 Å². The Morgan fingerprint density at radius 2 is 1.67 bits per heavy atom. The lowest BCUT2D eigenvalue weighted by Crippen LogP contribution is -2.21. The Balaban J connectivity index is 1.99. The van der Waals surface area contributed by atoms with E-state index in [9.17, 15) is 4.79 Å². The Hall–Kier alpha value is -2.29. The van der Waals surface area contributed by atoms with Crippen LogP contribution >= 0.6 is 0 Å². The number of rotatable bonds is 4. The summed E-state index contributed by atoms with van der Waals surface area (Å²) in [4.78, 5) is 12.0. The molecule has 0 saturated carbocycles. The number of carbonyl (C=O) groups is 1. The zero-order valence-corrected chi connectivity index (χ0v) is 13.0. The minimum atomic E-state index is -0.146. The van der Waals surface area contributed by atoms with E-state index < -0.39 is 0 Å². The fourth-order valence-electron chi connectivity index (χ4n) is 2.29. The summed E-state index contributed by atoms with van der Waals surface area (Å²) in [7, 11) is 0. The number of benzene rings is 2. The van der Waals surface area contributed by atoms with E-state index in [1.165, 1.54) is 5.56 Å². The molecule has 0 aliphatic carbocycles. The number of nitrogens with one attached hydrogen (secondary N) is 1. The van der Waals surface area contributed by atoms with Gasteiger partial charge < -0.3 is 10.1 Å². The van der Waals surface area contributed by atoms with Crippen LogP contribution in [0.2, 0.25) is 0 Å². The van der Waals surface area contributed by atoms with E-state index >= 15 is 0 Å². The zero-order valence-electron chi connectivity index (χ0n) is 13.0. The van der Waals surface area contributed by atoms with Gasteiger partial charge in [-0.1, -0.05) is 35.9 Å². The third-order valence-corrected chi connectivity index (χ3v) is 3.43. The van der Waals surface area contributed by atoms with Crippen LogP contribution in [0.1, 0.15) is 22.3 Å². The third-order valence-electron chi connectivity index (χ3n) is 3.43. The monoisotopic (exact) mass is 283 g/mol. The van der Waals surface area contributed by atoms with Crippen LogP contribution in [0.15, 0.2) is 36.4 Å². The summed E-state index contributed by atoms with van der Waals surface area (Å²) >= 11 is 0. The molecule has 0 aromatic heterocycles. The van der Waals surface area contributed by atoms with Crippen LogP contribution in [-0.4, -0.2) is 12.5 Å². The standard InChI is InChI=1S/C18H21NO2/c1-12-8-9-16(15(4)10-12)21-11-17(20)19-18-13(2)6-5-7-14(18)3/h5-10H,11H2,1-4H3,(H,19,20). The van der Waals surface area contributed by atoms with Gasteiger partial charge >= 0.3 is 0 Å². The second kappa shape index (κ2) is 6.44. The predicted molar refractivity (Wildman–Crippen MR) is 86.0 cm³/mol. The SMILES string of the molecule is Cc1ccc(OCC(=O)Nc2c(C)cccc2C)c(C)c1. The molecular weight excluding hydrogens is 262 g/mol. The number of aryl methyl sites for hydroxylation is 4. The maximum absolute atomic E-state index is 12.0. The first-order chi connectivity index (χ1) is 9.97. The van der Waals surface area contributed by atoms with Gasteiger partial charge in [0.1, 0.15) is 5.75 Å². The summed E-state index contributed by atoms with van der Waals surface area (Å²) in [5, 5.41) is 2.92. The smallest absolute Gasteiger partial charge is 0.262 e. The number of hydrogen-bond donors (Lipinski definition) is 1. The molecule has 0 unspecified atom stereocenters. The molecule has 3 nitrogen and oxygen atoms in total. The molecule has 0 aliphatic rings. The molecule has 0 aliphatic heterocycles. The molecule has 0 spiro atoms. The molecule has 21 heavy (non-hydrogen) atoms. The van der Waals surface area contributed by atoms with Crippen molar-refractivity contribution in [2.45, 2.75) is 27.7 Å². The van der Waals surface area contributed by atoms with Gasteiger partial charge in [0.2, 0.25) is 0 Å². The molecule has 1 amide bonds. The topological polar surface area (TPSA) is 38.3 Å². The number of amides is 1. The second-order valence-electron chi connectivity index (χ2n) is 5.37. The van der Waals surface area contributed by atoms with Gasteiger partial charge in [-0.3, -0.25) is 4.79 Å².